The number of rotatable bonds is 2. The molecule has 2 heterocycles. The molecule has 0 radical (unpaired) electrons. The third kappa shape index (κ3) is 1.52. The average Bonchev–Trinajstić information content (AvgIpc) is 2.97. The molecular formula is C12H10N2OS. The molecule has 0 aliphatic carbocycles. The van der Waals surface area contributed by atoms with E-state index in [9.17, 15) is 0 Å². The van der Waals surface area contributed by atoms with E-state index in [1.807, 2.05) is 30.3 Å². The van der Waals surface area contributed by atoms with Gasteiger partial charge in [-0.1, -0.05) is 18.2 Å². The molecule has 0 amide bonds. The van der Waals surface area contributed by atoms with Crippen molar-refractivity contribution in [3.05, 3.63) is 52.7 Å². The standard InChI is InChI=1S/C12H10N2OS/c13-12(11-6-14-7-16-11)10-5-8-3-1-2-4-9(8)15-10/h1-7,12H,13H2. The van der Waals surface area contributed by atoms with Crippen LogP contribution in [0.3, 0.4) is 0 Å². The molecule has 0 spiro atoms. The quantitative estimate of drug-likeness (QED) is 0.736. The zero-order valence-electron chi connectivity index (χ0n) is 8.46. The Balaban J connectivity index is 2.06. The third-order valence-electron chi connectivity index (χ3n) is 2.51. The maximum atomic E-state index is 6.10. The van der Waals surface area contributed by atoms with Crippen molar-refractivity contribution in [1.29, 1.82) is 0 Å². The van der Waals surface area contributed by atoms with E-state index < -0.39 is 0 Å². The number of fused-ring (bicyclic) bond motifs is 1. The van der Waals surface area contributed by atoms with Gasteiger partial charge in [0, 0.05) is 16.5 Å². The summed E-state index contributed by atoms with van der Waals surface area (Å²) in [5.74, 6) is 0.783. The van der Waals surface area contributed by atoms with Gasteiger partial charge in [-0.25, -0.2) is 0 Å². The summed E-state index contributed by atoms with van der Waals surface area (Å²) < 4.78 is 5.71. The van der Waals surface area contributed by atoms with Gasteiger partial charge in [-0.15, -0.1) is 11.3 Å². The van der Waals surface area contributed by atoms with Crippen molar-refractivity contribution >= 4 is 22.3 Å². The highest BCUT2D eigenvalue weighted by molar-refractivity contribution is 7.09. The monoisotopic (exact) mass is 230 g/mol. The van der Waals surface area contributed by atoms with Crippen LogP contribution in [0.4, 0.5) is 0 Å². The number of aromatic nitrogens is 1. The molecule has 2 aromatic heterocycles. The first-order valence-corrected chi connectivity index (χ1v) is 5.85. The van der Waals surface area contributed by atoms with E-state index in [2.05, 4.69) is 4.98 Å². The van der Waals surface area contributed by atoms with Crippen molar-refractivity contribution in [2.45, 2.75) is 6.04 Å². The fourth-order valence-electron chi connectivity index (χ4n) is 1.68. The normalized spacial score (nSPS) is 13.1. The van der Waals surface area contributed by atoms with Crippen LogP contribution in [-0.4, -0.2) is 4.98 Å². The molecule has 80 valence electrons. The van der Waals surface area contributed by atoms with Gasteiger partial charge >= 0.3 is 0 Å². The Hall–Kier alpha value is -1.65. The molecule has 3 aromatic rings. The third-order valence-corrected chi connectivity index (χ3v) is 3.37. The summed E-state index contributed by atoms with van der Waals surface area (Å²) >= 11 is 1.54. The van der Waals surface area contributed by atoms with Crippen LogP contribution in [0.1, 0.15) is 16.7 Å². The summed E-state index contributed by atoms with van der Waals surface area (Å²) in [6.07, 6.45) is 1.78. The minimum absolute atomic E-state index is 0.222. The average molecular weight is 230 g/mol. The zero-order valence-corrected chi connectivity index (χ0v) is 9.28. The number of thiazole rings is 1. The van der Waals surface area contributed by atoms with Crippen LogP contribution >= 0.6 is 11.3 Å². The van der Waals surface area contributed by atoms with Gasteiger partial charge < -0.3 is 10.2 Å². The lowest BCUT2D eigenvalue weighted by Crippen LogP contribution is -2.08. The lowest BCUT2D eigenvalue weighted by molar-refractivity contribution is 0.527. The maximum Gasteiger partial charge on any atom is 0.134 e. The lowest BCUT2D eigenvalue weighted by atomic mass is 10.2. The lowest BCUT2D eigenvalue weighted by Gasteiger charge is -2.03. The molecule has 0 aliphatic rings. The molecule has 3 nitrogen and oxygen atoms in total. The van der Waals surface area contributed by atoms with Crippen LogP contribution in [0.15, 0.2) is 46.5 Å². The van der Waals surface area contributed by atoms with Crippen molar-refractivity contribution < 1.29 is 4.42 Å². The van der Waals surface area contributed by atoms with Crippen molar-refractivity contribution in [2.75, 3.05) is 0 Å². The summed E-state index contributed by atoms with van der Waals surface area (Å²) in [4.78, 5) is 5.03. The van der Waals surface area contributed by atoms with Crippen LogP contribution in [0.2, 0.25) is 0 Å². The summed E-state index contributed by atoms with van der Waals surface area (Å²) in [5.41, 5.74) is 8.75. The predicted octanol–water partition coefficient (Wildman–Crippen LogP) is 2.94. The second-order valence-corrected chi connectivity index (χ2v) is 4.49. The number of benzene rings is 1. The van der Waals surface area contributed by atoms with E-state index in [4.69, 9.17) is 10.2 Å². The summed E-state index contributed by atoms with van der Waals surface area (Å²) in [7, 11) is 0. The molecule has 1 atom stereocenters. The summed E-state index contributed by atoms with van der Waals surface area (Å²) in [6, 6.07) is 9.66. The largest absolute Gasteiger partial charge is 0.459 e. The Labute approximate surface area is 96.5 Å². The van der Waals surface area contributed by atoms with E-state index in [-0.39, 0.29) is 6.04 Å². The van der Waals surface area contributed by atoms with Crippen LogP contribution in [0.25, 0.3) is 11.0 Å². The molecule has 0 bridgehead atoms. The highest BCUT2D eigenvalue weighted by atomic mass is 32.1. The molecule has 16 heavy (non-hydrogen) atoms. The fraction of sp³-hybridized carbons (Fsp3) is 0.0833. The number of para-hydroxylation sites is 1. The van der Waals surface area contributed by atoms with E-state index >= 15 is 0 Å². The van der Waals surface area contributed by atoms with Crippen LogP contribution in [0.5, 0.6) is 0 Å². The number of hydrogen-bond acceptors (Lipinski definition) is 4. The second kappa shape index (κ2) is 3.73. The van der Waals surface area contributed by atoms with Crippen molar-refractivity contribution in [2.24, 2.45) is 5.73 Å². The highest BCUT2D eigenvalue weighted by Gasteiger charge is 2.15. The summed E-state index contributed by atoms with van der Waals surface area (Å²) in [5, 5.41) is 1.08. The van der Waals surface area contributed by atoms with Gasteiger partial charge in [-0.2, -0.15) is 0 Å². The first kappa shape index (κ1) is 9.57. The SMILES string of the molecule is NC(c1cc2ccccc2o1)c1cncs1. The van der Waals surface area contributed by atoms with Gasteiger partial charge in [0.05, 0.1) is 11.6 Å². The Morgan fingerprint density at radius 2 is 2.19 bits per heavy atom. The first-order valence-electron chi connectivity index (χ1n) is 4.97. The zero-order chi connectivity index (χ0) is 11.0. The molecule has 4 heteroatoms. The van der Waals surface area contributed by atoms with Gasteiger partial charge in [-0.3, -0.25) is 4.98 Å². The number of nitrogens with two attached hydrogens (primary N) is 1. The first-order chi connectivity index (χ1) is 7.84. The molecule has 0 saturated carbocycles. The van der Waals surface area contributed by atoms with Crippen LogP contribution in [0, 0.1) is 0 Å². The topological polar surface area (TPSA) is 52.0 Å². The van der Waals surface area contributed by atoms with E-state index in [0.29, 0.717) is 0 Å². The van der Waals surface area contributed by atoms with Gasteiger partial charge in [0.1, 0.15) is 11.3 Å². The van der Waals surface area contributed by atoms with Gasteiger partial charge in [-0.05, 0) is 12.1 Å². The molecule has 1 aromatic carbocycles. The highest BCUT2D eigenvalue weighted by Crippen LogP contribution is 2.27. The number of nitrogens with zero attached hydrogens (tertiary/aromatic N) is 1. The van der Waals surface area contributed by atoms with E-state index in [1.54, 1.807) is 11.7 Å². The van der Waals surface area contributed by atoms with E-state index in [0.717, 1.165) is 21.6 Å². The minimum Gasteiger partial charge on any atom is -0.459 e. The molecule has 0 saturated heterocycles. The van der Waals surface area contributed by atoms with Crippen molar-refractivity contribution in [3.8, 4) is 0 Å². The minimum atomic E-state index is -0.222. The fourth-order valence-corrected chi connectivity index (χ4v) is 2.30. The smallest absolute Gasteiger partial charge is 0.134 e. The Bertz CT molecular complexity index is 567. The van der Waals surface area contributed by atoms with Crippen molar-refractivity contribution in [3.63, 3.8) is 0 Å². The van der Waals surface area contributed by atoms with Crippen LogP contribution < -0.4 is 5.73 Å². The molecule has 0 aliphatic heterocycles. The van der Waals surface area contributed by atoms with Gasteiger partial charge in [0.2, 0.25) is 0 Å². The number of hydrogen-bond donors (Lipinski definition) is 1. The van der Waals surface area contributed by atoms with Crippen molar-refractivity contribution in [1.82, 2.24) is 4.98 Å². The molecule has 2 N–H and O–H groups in total. The molecule has 1 unspecified atom stereocenters. The molecule has 0 fully saturated rings. The molecule has 3 rings (SSSR count). The van der Waals surface area contributed by atoms with E-state index in [1.165, 1.54) is 11.3 Å². The second-order valence-electron chi connectivity index (χ2n) is 3.57. The Morgan fingerprint density at radius 3 is 2.94 bits per heavy atom. The van der Waals surface area contributed by atoms with Gasteiger partial charge in [0.15, 0.2) is 0 Å². The Kier molecular flexibility index (Phi) is 2.23. The maximum absolute atomic E-state index is 6.10. The van der Waals surface area contributed by atoms with Crippen LogP contribution in [-0.2, 0) is 0 Å². The number of furan rings is 1. The Morgan fingerprint density at radius 1 is 1.31 bits per heavy atom. The van der Waals surface area contributed by atoms with Gasteiger partial charge in [0.25, 0.3) is 0 Å². The molecular weight excluding hydrogens is 220 g/mol. The predicted molar refractivity (Wildman–Crippen MR) is 64.4 cm³/mol. The summed E-state index contributed by atoms with van der Waals surface area (Å²) in [6.45, 7) is 0.